The molecule has 11 heavy (non-hydrogen) atoms. The highest BCUT2D eigenvalue weighted by Crippen LogP contribution is 2.11. The Kier molecular flexibility index (Phi) is 4.41. The van der Waals surface area contributed by atoms with E-state index in [1.807, 2.05) is 13.8 Å². The van der Waals surface area contributed by atoms with Gasteiger partial charge in [0, 0.05) is 17.3 Å². The first-order valence-electron chi connectivity index (χ1n) is 3.65. The Labute approximate surface area is 65.7 Å². The third kappa shape index (κ3) is 4.47. The van der Waals surface area contributed by atoms with Gasteiger partial charge in [0.2, 0.25) is 6.54 Å². The van der Waals surface area contributed by atoms with Crippen LogP contribution in [0.1, 0.15) is 20.3 Å². The summed E-state index contributed by atoms with van der Waals surface area (Å²) in [6.45, 7) is 3.67. The molecule has 0 unspecified atom stereocenters. The van der Waals surface area contributed by atoms with Crippen LogP contribution >= 0.6 is 0 Å². The SMILES string of the molecule is CC(C)[C@H](C=O)CC[N+](=O)[O-]. The smallest absolute Gasteiger partial charge is 0.204 e. The van der Waals surface area contributed by atoms with Crippen LogP contribution in [0.3, 0.4) is 0 Å². The van der Waals surface area contributed by atoms with Crippen LogP contribution in [0, 0.1) is 22.0 Å². The fourth-order valence-corrected chi connectivity index (χ4v) is 0.813. The van der Waals surface area contributed by atoms with Gasteiger partial charge in [0.1, 0.15) is 6.29 Å². The van der Waals surface area contributed by atoms with Gasteiger partial charge in [-0.25, -0.2) is 0 Å². The van der Waals surface area contributed by atoms with Crippen molar-refractivity contribution >= 4 is 6.29 Å². The highest BCUT2D eigenvalue weighted by molar-refractivity contribution is 5.53. The summed E-state index contributed by atoms with van der Waals surface area (Å²) in [5.74, 6) is 0.0350. The molecule has 64 valence electrons. The molecule has 1 atom stereocenters. The lowest BCUT2D eigenvalue weighted by molar-refractivity contribution is -0.481. The third-order valence-corrected chi connectivity index (χ3v) is 1.68. The van der Waals surface area contributed by atoms with E-state index in [2.05, 4.69) is 0 Å². The molecule has 4 nitrogen and oxygen atoms in total. The molecule has 0 aliphatic carbocycles. The first-order chi connectivity index (χ1) is 5.07. The summed E-state index contributed by atoms with van der Waals surface area (Å²) in [5.41, 5.74) is 0. The maximum Gasteiger partial charge on any atom is 0.204 e. The van der Waals surface area contributed by atoms with Crippen molar-refractivity contribution in [1.29, 1.82) is 0 Å². The van der Waals surface area contributed by atoms with Crippen LogP contribution in [0.4, 0.5) is 0 Å². The summed E-state index contributed by atoms with van der Waals surface area (Å²) >= 11 is 0. The molecule has 0 heterocycles. The van der Waals surface area contributed by atoms with Crippen molar-refractivity contribution in [3.8, 4) is 0 Å². The second kappa shape index (κ2) is 4.82. The Bertz CT molecular complexity index is 145. The maximum absolute atomic E-state index is 10.3. The molecule has 0 aromatic heterocycles. The number of hydrogen-bond donors (Lipinski definition) is 0. The fraction of sp³-hybridized carbons (Fsp3) is 0.857. The molecular formula is C7H13NO3. The molecule has 0 N–H and O–H groups in total. The molecule has 0 aliphatic rings. The number of carbonyl (C=O) groups is 1. The minimum atomic E-state index is -0.390. The molecule has 0 amide bonds. The Balaban J connectivity index is 3.69. The monoisotopic (exact) mass is 159 g/mol. The van der Waals surface area contributed by atoms with Crippen molar-refractivity contribution in [3.63, 3.8) is 0 Å². The lowest BCUT2D eigenvalue weighted by atomic mass is 9.94. The molecule has 0 rings (SSSR count). The van der Waals surface area contributed by atoms with Gasteiger partial charge >= 0.3 is 0 Å². The van der Waals surface area contributed by atoms with Crippen molar-refractivity contribution in [3.05, 3.63) is 10.1 Å². The Morgan fingerprint density at radius 2 is 2.09 bits per heavy atom. The molecule has 0 saturated heterocycles. The summed E-state index contributed by atoms with van der Waals surface area (Å²) in [7, 11) is 0. The normalized spacial score (nSPS) is 13.0. The van der Waals surface area contributed by atoms with Crippen LogP contribution in [0.15, 0.2) is 0 Å². The van der Waals surface area contributed by atoms with Crippen molar-refractivity contribution in [1.82, 2.24) is 0 Å². The standard InChI is InChI=1S/C7H13NO3/c1-6(2)7(5-9)3-4-8(10)11/h5-7H,3-4H2,1-2H3/t7-/m0/s1. The van der Waals surface area contributed by atoms with Crippen LogP contribution in [-0.4, -0.2) is 17.8 Å². The van der Waals surface area contributed by atoms with E-state index in [1.54, 1.807) is 0 Å². The second-order valence-corrected chi connectivity index (χ2v) is 2.89. The van der Waals surface area contributed by atoms with E-state index in [9.17, 15) is 14.9 Å². The first kappa shape index (κ1) is 10.1. The lowest BCUT2D eigenvalue weighted by Gasteiger charge is -2.10. The van der Waals surface area contributed by atoms with Crippen LogP contribution in [0.5, 0.6) is 0 Å². The summed E-state index contributed by atoms with van der Waals surface area (Å²) in [4.78, 5) is 19.9. The number of carbonyl (C=O) groups excluding carboxylic acids is 1. The molecule has 0 aromatic carbocycles. The van der Waals surface area contributed by atoms with Crippen molar-refractivity contribution < 1.29 is 9.72 Å². The Hall–Kier alpha value is -0.930. The summed E-state index contributed by atoms with van der Waals surface area (Å²) in [6.07, 6.45) is 1.16. The highest BCUT2D eigenvalue weighted by atomic mass is 16.6. The van der Waals surface area contributed by atoms with E-state index in [0.717, 1.165) is 6.29 Å². The molecule has 0 bridgehead atoms. The topological polar surface area (TPSA) is 60.2 Å². The zero-order valence-electron chi connectivity index (χ0n) is 6.82. The number of aldehydes is 1. The van der Waals surface area contributed by atoms with Gasteiger partial charge in [-0.1, -0.05) is 13.8 Å². The lowest BCUT2D eigenvalue weighted by Crippen LogP contribution is -2.15. The van der Waals surface area contributed by atoms with Crippen molar-refractivity contribution in [2.45, 2.75) is 20.3 Å². The van der Waals surface area contributed by atoms with Crippen LogP contribution in [0.25, 0.3) is 0 Å². The van der Waals surface area contributed by atoms with Gasteiger partial charge < -0.3 is 4.79 Å². The molecule has 4 heteroatoms. The average Bonchev–Trinajstić information content (AvgIpc) is 1.87. The van der Waals surface area contributed by atoms with Crippen molar-refractivity contribution in [2.75, 3.05) is 6.54 Å². The largest absolute Gasteiger partial charge is 0.303 e. The van der Waals surface area contributed by atoms with Crippen LogP contribution in [0.2, 0.25) is 0 Å². The molecule has 0 spiro atoms. The summed E-state index contributed by atoms with van der Waals surface area (Å²) in [5, 5.41) is 9.93. The van der Waals surface area contributed by atoms with Gasteiger partial charge in [-0.15, -0.1) is 0 Å². The molecule has 0 fully saturated rings. The number of rotatable bonds is 5. The maximum atomic E-state index is 10.3. The predicted octanol–water partition coefficient (Wildman–Crippen LogP) is 1.12. The average molecular weight is 159 g/mol. The van der Waals surface area contributed by atoms with Gasteiger partial charge in [0.05, 0.1) is 0 Å². The van der Waals surface area contributed by atoms with E-state index in [1.165, 1.54) is 0 Å². The van der Waals surface area contributed by atoms with Crippen molar-refractivity contribution in [2.24, 2.45) is 11.8 Å². The van der Waals surface area contributed by atoms with Crippen LogP contribution in [-0.2, 0) is 4.79 Å². The predicted molar refractivity (Wildman–Crippen MR) is 40.9 cm³/mol. The second-order valence-electron chi connectivity index (χ2n) is 2.89. The van der Waals surface area contributed by atoms with E-state index in [4.69, 9.17) is 0 Å². The number of nitro groups is 1. The fourth-order valence-electron chi connectivity index (χ4n) is 0.813. The Morgan fingerprint density at radius 1 is 1.55 bits per heavy atom. The molecular weight excluding hydrogens is 146 g/mol. The molecule has 0 aliphatic heterocycles. The quantitative estimate of drug-likeness (QED) is 0.343. The van der Waals surface area contributed by atoms with E-state index in [-0.39, 0.29) is 23.3 Å². The van der Waals surface area contributed by atoms with Gasteiger partial charge in [-0.3, -0.25) is 10.1 Å². The van der Waals surface area contributed by atoms with Gasteiger partial charge in [-0.2, -0.15) is 0 Å². The molecule has 0 radical (unpaired) electrons. The van der Waals surface area contributed by atoms with E-state index in [0.29, 0.717) is 6.42 Å². The number of hydrogen-bond acceptors (Lipinski definition) is 3. The van der Waals surface area contributed by atoms with Gasteiger partial charge in [-0.05, 0) is 5.92 Å². The zero-order valence-corrected chi connectivity index (χ0v) is 6.82. The summed E-state index contributed by atoms with van der Waals surface area (Å²) in [6, 6.07) is 0. The van der Waals surface area contributed by atoms with Gasteiger partial charge in [0.15, 0.2) is 0 Å². The highest BCUT2D eigenvalue weighted by Gasteiger charge is 2.14. The number of nitrogens with zero attached hydrogens (tertiary/aromatic N) is 1. The minimum Gasteiger partial charge on any atom is -0.303 e. The van der Waals surface area contributed by atoms with E-state index >= 15 is 0 Å². The van der Waals surface area contributed by atoms with Gasteiger partial charge in [0.25, 0.3) is 0 Å². The summed E-state index contributed by atoms with van der Waals surface area (Å²) < 4.78 is 0. The Morgan fingerprint density at radius 3 is 2.36 bits per heavy atom. The van der Waals surface area contributed by atoms with Crippen LogP contribution < -0.4 is 0 Å². The minimum absolute atomic E-state index is 0.110. The van der Waals surface area contributed by atoms with E-state index < -0.39 is 0 Å². The first-order valence-corrected chi connectivity index (χ1v) is 3.65. The molecule has 0 saturated carbocycles. The molecule has 0 aromatic rings. The zero-order chi connectivity index (χ0) is 8.85. The third-order valence-electron chi connectivity index (χ3n) is 1.68.